The number of ether oxygens (including phenoxy) is 2. The molecule has 1 aromatic heterocycles. The van der Waals surface area contributed by atoms with Crippen molar-refractivity contribution < 1.29 is 23.5 Å². The smallest absolute Gasteiger partial charge is 0.316 e. The highest BCUT2D eigenvalue weighted by Gasteiger charge is 2.26. The number of esters is 2. The van der Waals surface area contributed by atoms with E-state index in [2.05, 4.69) is 0 Å². The lowest BCUT2D eigenvalue weighted by Gasteiger charge is -2.17. The van der Waals surface area contributed by atoms with Gasteiger partial charge in [0.05, 0.1) is 21.6 Å². The zero-order valence-corrected chi connectivity index (χ0v) is 19.3. The second-order valence-electron chi connectivity index (χ2n) is 9.94. The highest BCUT2D eigenvalue weighted by atomic mass is 16.5. The fourth-order valence-electron chi connectivity index (χ4n) is 3.07. The summed E-state index contributed by atoms with van der Waals surface area (Å²) in [4.78, 5) is 37.8. The van der Waals surface area contributed by atoms with Gasteiger partial charge in [0, 0.05) is 12.1 Å². The molecule has 0 aliphatic heterocycles. The van der Waals surface area contributed by atoms with E-state index in [4.69, 9.17) is 13.9 Å². The summed E-state index contributed by atoms with van der Waals surface area (Å²) < 4.78 is 17.0. The molecule has 0 N–H and O–H groups in total. The number of carbonyl (C=O) groups excluding carboxylic acids is 2. The Bertz CT molecular complexity index is 1170. The number of rotatable bonds is 2. The molecule has 31 heavy (non-hydrogen) atoms. The Labute approximate surface area is 181 Å². The number of hydrogen-bond donors (Lipinski definition) is 0. The molecule has 0 atom stereocenters. The summed E-state index contributed by atoms with van der Waals surface area (Å²) in [6.07, 6.45) is 0. The van der Waals surface area contributed by atoms with Crippen molar-refractivity contribution in [2.45, 2.75) is 55.4 Å². The Morgan fingerprint density at radius 1 is 0.710 bits per heavy atom. The van der Waals surface area contributed by atoms with E-state index >= 15 is 0 Å². The van der Waals surface area contributed by atoms with E-state index in [1.54, 1.807) is 67.5 Å². The number of aryl methyl sites for hydroxylation is 2. The Morgan fingerprint density at radius 3 is 1.39 bits per heavy atom. The number of hydrogen-bond acceptors (Lipinski definition) is 6. The summed E-state index contributed by atoms with van der Waals surface area (Å²) in [5.41, 5.74) is 0.362. The van der Waals surface area contributed by atoms with Crippen LogP contribution in [0.1, 0.15) is 52.7 Å². The minimum atomic E-state index is -0.671. The van der Waals surface area contributed by atoms with Crippen LogP contribution in [0.15, 0.2) is 33.5 Å². The predicted molar refractivity (Wildman–Crippen MR) is 120 cm³/mol. The van der Waals surface area contributed by atoms with Crippen LogP contribution in [0.4, 0.5) is 0 Å². The van der Waals surface area contributed by atoms with Crippen molar-refractivity contribution in [2.75, 3.05) is 0 Å². The van der Waals surface area contributed by atoms with Crippen LogP contribution in [0.2, 0.25) is 0 Å². The lowest BCUT2D eigenvalue weighted by molar-refractivity contribution is -0.143. The van der Waals surface area contributed by atoms with Gasteiger partial charge in [-0.3, -0.25) is 14.4 Å². The number of carbonyl (C=O) groups is 2. The van der Waals surface area contributed by atoms with Gasteiger partial charge in [-0.2, -0.15) is 0 Å². The quantitative estimate of drug-likeness (QED) is 0.308. The fourth-order valence-corrected chi connectivity index (χ4v) is 3.07. The van der Waals surface area contributed by atoms with E-state index in [0.29, 0.717) is 44.6 Å². The van der Waals surface area contributed by atoms with Crippen molar-refractivity contribution in [1.82, 2.24) is 0 Å². The lowest BCUT2D eigenvalue weighted by atomic mass is 9.97. The number of benzene rings is 2. The van der Waals surface area contributed by atoms with E-state index in [0.717, 1.165) is 0 Å². The second-order valence-corrected chi connectivity index (χ2v) is 9.94. The molecule has 6 heteroatoms. The van der Waals surface area contributed by atoms with E-state index in [9.17, 15) is 14.4 Å². The van der Waals surface area contributed by atoms with Gasteiger partial charge in [0.25, 0.3) is 0 Å². The zero-order chi connectivity index (χ0) is 23.3. The molecule has 0 radical (unpaired) electrons. The summed E-state index contributed by atoms with van der Waals surface area (Å²) in [6, 6.07) is 6.39. The standard InChI is InChI=1S/C25H28O6/c1-13-9-15(29-22(27)24(3,4)5)11-17-19(13)21(26)20-14(2)10-16(12-18(20)31-17)30-23(28)25(6,7)8/h9-12H,1-8H3. The van der Waals surface area contributed by atoms with Crippen LogP contribution in [0.5, 0.6) is 11.5 Å². The average molecular weight is 424 g/mol. The molecule has 0 fully saturated rings. The van der Waals surface area contributed by atoms with E-state index in [1.165, 1.54) is 12.1 Å². The summed E-state index contributed by atoms with van der Waals surface area (Å²) in [7, 11) is 0. The Kier molecular flexibility index (Phi) is 5.47. The minimum Gasteiger partial charge on any atom is -0.456 e. The van der Waals surface area contributed by atoms with Crippen LogP contribution >= 0.6 is 0 Å². The van der Waals surface area contributed by atoms with Gasteiger partial charge in [-0.25, -0.2) is 0 Å². The zero-order valence-electron chi connectivity index (χ0n) is 19.3. The van der Waals surface area contributed by atoms with Gasteiger partial charge in [-0.05, 0) is 78.6 Å². The van der Waals surface area contributed by atoms with Crippen LogP contribution in [-0.4, -0.2) is 11.9 Å². The third-order valence-corrected chi connectivity index (χ3v) is 4.87. The largest absolute Gasteiger partial charge is 0.456 e. The molecule has 3 rings (SSSR count). The maximum atomic E-state index is 13.2. The maximum Gasteiger partial charge on any atom is 0.316 e. The molecule has 1 heterocycles. The summed E-state index contributed by atoms with van der Waals surface area (Å²) >= 11 is 0. The van der Waals surface area contributed by atoms with Crippen molar-refractivity contribution in [1.29, 1.82) is 0 Å². The summed E-state index contributed by atoms with van der Waals surface area (Å²) in [5, 5.41) is 0.844. The third-order valence-electron chi connectivity index (χ3n) is 4.87. The first-order valence-electron chi connectivity index (χ1n) is 10.1. The monoisotopic (exact) mass is 424 g/mol. The molecular weight excluding hydrogens is 396 g/mol. The van der Waals surface area contributed by atoms with Crippen LogP contribution < -0.4 is 14.9 Å². The van der Waals surface area contributed by atoms with E-state index < -0.39 is 10.8 Å². The van der Waals surface area contributed by atoms with Crippen molar-refractivity contribution in [3.05, 3.63) is 45.6 Å². The van der Waals surface area contributed by atoms with Crippen LogP contribution in [0, 0.1) is 24.7 Å². The van der Waals surface area contributed by atoms with Gasteiger partial charge in [-0.15, -0.1) is 0 Å². The molecule has 0 saturated heterocycles. The first-order chi connectivity index (χ1) is 14.2. The highest BCUT2D eigenvalue weighted by Crippen LogP contribution is 2.31. The van der Waals surface area contributed by atoms with Gasteiger partial charge in [0.2, 0.25) is 5.43 Å². The minimum absolute atomic E-state index is 0.186. The van der Waals surface area contributed by atoms with Crippen molar-refractivity contribution in [3.8, 4) is 11.5 Å². The van der Waals surface area contributed by atoms with Gasteiger partial charge in [0.15, 0.2) is 0 Å². The Hall–Kier alpha value is -3.15. The van der Waals surface area contributed by atoms with Crippen LogP contribution in [-0.2, 0) is 9.59 Å². The van der Waals surface area contributed by atoms with Gasteiger partial charge >= 0.3 is 11.9 Å². The fraction of sp³-hybridized carbons (Fsp3) is 0.400. The predicted octanol–water partition coefficient (Wildman–Crippen LogP) is 5.47. The Balaban J connectivity index is 2.17. The van der Waals surface area contributed by atoms with Crippen molar-refractivity contribution >= 4 is 33.9 Å². The molecular formula is C25H28O6. The number of fused-ring (bicyclic) bond motifs is 2. The first-order valence-corrected chi connectivity index (χ1v) is 10.1. The van der Waals surface area contributed by atoms with Gasteiger partial charge < -0.3 is 13.9 Å². The molecule has 0 unspecified atom stereocenters. The normalized spacial score (nSPS) is 12.3. The molecule has 0 aliphatic carbocycles. The SMILES string of the molecule is Cc1cc(OC(=O)C(C)(C)C)cc2oc3cc(OC(=O)C(C)(C)C)cc(C)c3c(=O)c12. The maximum absolute atomic E-state index is 13.2. The van der Waals surface area contributed by atoms with Crippen molar-refractivity contribution in [2.24, 2.45) is 10.8 Å². The van der Waals surface area contributed by atoms with Crippen LogP contribution in [0.3, 0.4) is 0 Å². The van der Waals surface area contributed by atoms with Crippen LogP contribution in [0.25, 0.3) is 21.9 Å². The lowest BCUT2D eigenvalue weighted by Crippen LogP contribution is -2.25. The van der Waals surface area contributed by atoms with E-state index in [-0.39, 0.29) is 17.4 Å². The molecule has 0 amide bonds. The van der Waals surface area contributed by atoms with Gasteiger partial charge in [-0.1, -0.05) is 0 Å². The molecule has 0 saturated carbocycles. The average Bonchev–Trinajstić information content (AvgIpc) is 2.58. The van der Waals surface area contributed by atoms with Gasteiger partial charge in [0.1, 0.15) is 22.7 Å². The third kappa shape index (κ3) is 4.48. The molecule has 2 aromatic carbocycles. The summed E-state index contributed by atoms with van der Waals surface area (Å²) in [6.45, 7) is 14.1. The molecule has 6 nitrogen and oxygen atoms in total. The second kappa shape index (κ2) is 7.52. The molecule has 0 aliphatic rings. The summed E-state index contributed by atoms with van der Waals surface area (Å²) in [5.74, 6) is -0.165. The van der Waals surface area contributed by atoms with Crippen molar-refractivity contribution in [3.63, 3.8) is 0 Å². The first kappa shape index (κ1) is 22.5. The molecule has 0 bridgehead atoms. The van der Waals surface area contributed by atoms with E-state index in [1.807, 2.05) is 0 Å². The topological polar surface area (TPSA) is 82.8 Å². The molecule has 0 spiro atoms. The highest BCUT2D eigenvalue weighted by molar-refractivity contribution is 5.95. The Morgan fingerprint density at radius 2 is 1.06 bits per heavy atom. The molecule has 164 valence electrons. The molecule has 3 aromatic rings.